The van der Waals surface area contributed by atoms with Gasteiger partial charge in [0.2, 0.25) is 0 Å². The standard InChI is InChI=1S/C9H6IN3O2/c10-6-4-12-13(5-6)7-2-1-3-11-8(7)9(14)15/h1-5H,(H,14,15). The highest BCUT2D eigenvalue weighted by Gasteiger charge is 2.12. The van der Waals surface area contributed by atoms with E-state index in [9.17, 15) is 4.79 Å². The van der Waals surface area contributed by atoms with Gasteiger partial charge in [0.05, 0.1) is 15.5 Å². The number of carboxylic acid groups (broad SMARTS) is 1. The second-order valence-electron chi connectivity index (χ2n) is 2.78. The lowest BCUT2D eigenvalue weighted by Crippen LogP contribution is -2.07. The van der Waals surface area contributed by atoms with E-state index in [0.29, 0.717) is 5.69 Å². The summed E-state index contributed by atoms with van der Waals surface area (Å²) in [5.74, 6) is -1.06. The molecular weight excluding hydrogens is 309 g/mol. The number of pyridine rings is 1. The smallest absolute Gasteiger partial charge is 0.356 e. The van der Waals surface area contributed by atoms with Crippen LogP contribution in [0.5, 0.6) is 0 Å². The molecule has 0 unspecified atom stereocenters. The Kier molecular flexibility index (Phi) is 2.67. The van der Waals surface area contributed by atoms with Gasteiger partial charge in [0.25, 0.3) is 0 Å². The molecule has 0 fully saturated rings. The molecule has 2 rings (SSSR count). The van der Waals surface area contributed by atoms with Crippen molar-refractivity contribution in [1.82, 2.24) is 14.8 Å². The monoisotopic (exact) mass is 315 g/mol. The molecule has 0 atom stereocenters. The topological polar surface area (TPSA) is 68.0 Å². The Labute approximate surface area is 98.9 Å². The van der Waals surface area contributed by atoms with E-state index in [1.165, 1.54) is 10.9 Å². The highest BCUT2D eigenvalue weighted by atomic mass is 127. The van der Waals surface area contributed by atoms with Crippen LogP contribution in [0.25, 0.3) is 5.69 Å². The Bertz CT molecular complexity index is 510. The van der Waals surface area contributed by atoms with Crippen LogP contribution in [0.3, 0.4) is 0 Å². The van der Waals surface area contributed by atoms with Gasteiger partial charge in [-0.2, -0.15) is 5.10 Å². The number of nitrogens with zero attached hydrogens (tertiary/aromatic N) is 3. The second kappa shape index (κ2) is 3.97. The molecule has 76 valence electrons. The lowest BCUT2D eigenvalue weighted by Gasteiger charge is -2.03. The van der Waals surface area contributed by atoms with Crippen molar-refractivity contribution >= 4 is 28.6 Å². The van der Waals surface area contributed by atoms with Crippen molar-refractivity contribution in [3.05, 3.63) is 40.0 Å². The molecule has 0 saturated carbocycles. The third-order valence-corrected chi connectivity index (χ3v) is 2.34. The quantitative estimate of drug-likeness (QED) is 0.854. The number of hydrogen-bond donors (Lipinski definition) is 1. The molecule has 0 saturated heterocycles. The van der Waals surface area contributed by atoms with Gasteiger partial charge in [-0.25, -0.2) is 14.5 Å². The van der Waals surface area contributed by atoms with Crippen LogP contribution in [0.15, 0.2) is 30.7 Å². The van der Waals surface area contributed by atoms with Crippen molar-refractivity contribution in [2.24, 2.45) is 0 Å². The number of hydrogen-bond acceptors (Lipinski definition) is 3. The van der Waals surface area contributed by atoms with Crippen LogP contribution in [-0.2, 0) is 0 Å². The van der Waals surface area contributed by atoms with Gasteiger partial charge in [-0.3, -0.25) is 0 Å². The Morgan fingerprint density at radius 1 is 1.53 bits per heavy atom. The molecule has 6 heteroatoms. The highest BCUT2D eigenvalue weighted by Crippen LogP contribution is 2.12. The van der Waals surface area contributed by atoms with Crippen molar-refractivity contribution in [2.75, 3.05) is 0 Å². The first-order valence-electron chi connectivity index (χ1n) is 4.07. The summed E-state index contributed by atoms with van der Waals surface area (Å²) in [7, 11) is 0. The van der Waals surface area contributed by atoms with E-state index in [2.05, 4.69) is 32.7 Å². The predicted molar refractivity (Wildman–Crippen MR) is 61.0 cm³/mol. The molecule has 2 heterocycles. The van der Waals surface area contributed by atoms with Gasteiger partial charge in [-0.05, 0) is 34.7 Å². The fourth-order valence-electron chi connectivity index (χ4n) is 1.18. The summed E-state index contributed by atoms with van der Waals surface area (Å²) < 4.78 is 2.44. The zero-order valence-corrected chi connectivity index (χ0v) is 9.62. The van der Waals surface area contributed by atoms with Crippen LogP contribution in [-0.4, -0.2) is 25.8 Å². The largest absolute Gasteiger partial charge is 0.476 e. The number of aromatic carboxylic acids is 1. The summed E-state index contributed by atoms with van der Waals surface area (Å²) in [5.41, 5.74) is 0.463. The first-order valence-corrected chi connectivity index (χ1v) is 5.15. The summed E-state index contributed by atoms with van der Waals surface area (Å²) in [6, 6.07) is 3.34. The lowest BCUT2D eigenvalue weighted by atomic mass is 10.3. The van der Waals surface area contributed by atoms with Gasteiger partial charge in [-0.15, -0.1) is 0 Å². The summed E-state index contributed by atoms with van der Waals surface area (Å²) in [6.45, 7) is 0. The fourth-order valence-corrected chi connectivity index (χ4v) is 1.57. The third-order valence-electron chi connectivity index (χ3n) is 1.79. The van der Waals surface area contributed by atoms with Gasteiger partial charge in [0.15, 0.2) is 5.69 Å². The van der Waals surface area contributed by atoms with Crippen LogP contribution in [0.2, 0.25) is 0 Å². The van der Waals surface area contributed by atoms with E-state index in [4.69, 9.17) is 5.11 Å². The molecule has 0 amide bonds. The number of rotatable bonds is 2. The third kappa shape index (κ3) is 1.99. The molecule has 0 aliphatic heterocycles. The van der Waals surface area contributed by atoms with Crippen molar-refractivity contribution in [1.29, 1.82) is 0 Å². The van der Waals surface area contributed by atoms with Crippen LogP contribution >= 0.6 is 22.6 Å². The van der Waals surface area contributed by atoms with E-state index in [0.717, 1.165) is 3.57 Å². The SMILES string of the molecule is O=C(O)c1ncccc1-n1cc(I)cn1. The molecule has 1 N–H and O–H groups in total. The van der Waals surface area contributed by atoms with Gasteiger partial charge in [-0.1, -0.05) is 0 Å². The Balaban J connectivity index is 2.57. The van der Waals surface area contributed by atoms with E-state index in [1.54, 1.807) is 24.5 Å². The fraction of sp³-hybridized carbons (Fsp3) is 0. The van der Waals surface area contributed by atoms with Gasteiger partial charge in [0, 0.05) is 12.4 Å². The van der Waals surface area contributed by atoms with E-state index < -0.39 is 5.97 Å². The normalized spacial score (nSPS) is 10.2. The summed E-state index contributed by atoms with van der Waals surface area (Å²) in [6.07, 6.45) is 4.84. The van der Waals surface area contributed by atoms with Crippen LogP contribution < -0.4 is 0 Å². The molecule has 0 aliphatic carbocycles. The molecule has 2 aromatic rings. The molecule has 0 aromatic carbocycles. The molecular formula is C9H6IN3O2. The first kappa shape index (κ1) is 10.1. The van der Waals surface area contributed by atoms with Gasteiger partial charge < -0.3 is 5.11 Å². The molecule has 0 radical (unpaired) electrons. The number of aromatic nitrogens is 3. The molecule has 0 bridgehead atoms. The average molecular weight is 315 g/mol. The second-order valence-corrected chi connectivity index (χ2v) is 4.03. The van der Waals surface area contributed by atoms with Crippen molar-refractivity contribution in [2.45, 2.75) is 0 Å². The Morgan fingerprint density at radius 2 is 2.33 bits per heavy atom. The van der Waals surface area contributed by atoms with Crippen molar-refractivity contribution in [3.63, 3.8) is 0 Å². The predicted octanol–water partition coefficient (Wildman–Crippen LogP) is 1.57. The maximum atomic E-state index is 10.9. The van der Waals surface area contributed by atoms with Crippen LogP contribution in [0.1, 0.15) is 10.5 Å². The van der Waals surface area contributed by atoms with E-state index in [1.807, 2.05) is 0 Å². The Morgan fingerprint density at radius 3 is 2.93 bits per heavy atom. The first-order chi connectivity index (χ1) is 7.18. The van der Waals surface area contributed by atoms with E-state index in [-0.39, 0.29) is 5.69 Å². The van der Waals surface area contributed by atoms with Gasteiger partial charge >= 0.3 is 5.97 Å². The molecule has 0 aliphatic rings. The van der Waals surface area contributed by atoms with Crippen LogP contribution in [0, 0.1) is 3.57 Å². The molecule has 5 nitrogen and oxygen atoms in total. The zero-order valence-electron chi connectivity index (χ0n) is 7.46. The summed E-state index contributed by atoms with van der Waals surface area (Å²) >= 11 is 2.11. The zero-order chi connectivity index (χ0) is 10.8. The highest BCUT2D eigenvalue weighted by molar-refractivity contribution is 14.1. The summed E-state index contributed by atoms with van der Waals surface area (Å²) in [5, 5.41) is 13.0. The molecule has 2 aromatic heterocycles. The van der Waals surface area contributed by atoms with Gasteiger partial charge in [0.1, 0.15) is 0 Å². The van der Waals surface area contributed by atoms with Crippen molar-refractivity contribution in [3.8, 4) is 5.69 Å². The lowest BCUT2D eigenvalue weighted by molar-refractivity contribution is 0.0690. The van der Waals surface area contributed by atoms with Crippen LogP contribution in [0.4, 0.5) is 0 Å². The minimum absolute atomic E-state index is 0.00278. The maximum Gasteiger partial charge on any atom is 0.356 e. The minimum Gasteiger partial charge on any atom is -0.476 e. The molecule has 0 spiro atoms. The van der Waals surface area contributed by atoms with Crippen molar-refractivity contribution < 1.29 is 9.90 Å². The number of carboxylic acids is 1. The maximum absolute atomic E-state index is 10.9. The Hall–Kier alpha value is -1.44. The number of carbonyl (C=O) groups is 1. The molecule has 15 heavy (non-hydrogen) atoms. The average Bonchev–Trinajstić information content (AvgIpc) is 2.65. The van der Waals surface area contributed by atoms with E-state index >= 15 is 0 Å². The minimum atomic E-state index is -1.06. The summed E-state index contributed by atoms with van der Waals surface area (Å²) in [4.78, 5) is 14.7. The number of halogens is 1.